The second kappa shape index (κ2) is 7.38. The van der Waals surface area contributed by atoms with Crippen molar-refractivity contribution in [2.75, 3.05) is 13.1 Å². The van der Waals surface area contributed by atoms with Crippen LogP contribution in [0, 0.1) is 0 Å². The number of nitrogens with one attached hydrogen (secondary N) is 1. The predicted octanol–water partition coefficient (Wildman–Crippen LogP) is 1.74. The first-order valence-electron chi connectivity index (χ1n) is 8.14. The molecule has 130 valence electrons. The van der Waals surface area contributed by atoms with Crippen molar-refractivity contribution in [3.05, 3.63) is 60.2 Å². The third-order valence-electron chi connectivity index (χ3n) is 4.24. The number of carbonyl (C=O) groups is 2. The first-order chi connectivity index (χ1) is 12.1. The molecule has 2 aromatic rings. The lowest BCUT2D eigenvalue weighted by molar-refractivity contribution is -0.136. The molecule has 3 rings (SSSR count). The number of aromatic nitrogens is 2. The fourth-order valence-corrected chi connectivity index (χ4v) is 2.89. The number of hydrogen-bond acceptors (Lipinski definition) is 4. The van der Waals surface area contributed by atoms with Crippen LogP contribution in [0.5, 0.6) is 0 Å². The molecule has 1 N–H and O–H groups in total. The van der Waals surface area contributed by atoms with E-state index in [1.54, 1.807) is 36.7 Å². The van der Waals surface area contributed by atoms with E-state index in [1.165, 1.54) is 17.3 Å². The van der Waals surface area contributed by atoms with Crippen molar-refractivity contribution in [3.63, 3.8) is 0 Å². The zero-order chi connectivity index (χ0) is 17.7. The average Bonchev–Trinajstić information content (AvgIpc) is 2.67. The van der Waals surface area contributed by atoms with Crippen LogP contribution in [0.3, 0.4) is 0 Å². The van der Waals surface area contributed by atoms with Crippen LogP contribution in [0.2, 0.25) is 0 Å². The Labute approximate surface area is 145 Å². The third kappa shape index (κ3) is 3.99. The van der Waals surface area contributed by atoms with Gasteiger partial charge in [0, 0.05) is 43.4 Å². The minimum absolute atomic E-state index is 0.103. The highest BCUT2D eigenvalue weighted by Crippen LogP contribution is 2.27. The molecule has 0 aromatic carbocycles. The molecule has 3 heterocycles. The number of alkyl halides is 1. The summed E-state index contributed by atoms with van der Waals surface area (Å²) in [5, 5.41) is 2.61. The Morgan fingerprint density at radius 2 is 2.00 bits per heavy atom. The van der Waals surface area contributed by atoms with Crippen molar-refractivity contribution in [1.29, 1.82) is 0 Å². The summed E-state index contributed by atoms with van der Waals surface area (Å²) in [5.41, 5.74) is -0.849. The topological polar surface area (TPSA) is 75.2 Å². The molecule has 1 atom stereocenters. The number of pyridine rings is 2. The van der Waals surface area contributed by atoms with E-state index in [-0.39, 0.29) is 25.4 Å². The second-order valence-electron chi connectivity index (χ2n) is 6.08. The van der Waals surface area contributed by atoms with Gasteiger partial charge in [0.2, 0.25) is 5.67 Å². The Bertz CT molecular complexity index is 741. The number of carbonyl (C=O) groups excluding carboxylic acids is 2. The molecule has 25 heavy (non-hydrogen) atoms. The van der Waals surface area contributed by atoms with Crippen LogP contribution in [0.4, 0.5) is 4.39 Å². The predicted molar refractivity (Wildman–Crippen MR) is 89.3 cm³/mol. The zero-order valence-electron chi connectivity index (χ0n) is 13.7. The monoisotopic (exact) mass is 342 g/mol. The molecule has 7 heteroatoms. The summed E-state index contributed by atoms with van der Waals surface area (Å²) < 4.78 is 15.2. The highest BCUT2D eigenvalue weighted by Gasteiger charge is 2.43. The standard InChI is InChI=1S/C18H19FN4O2/c19-18(17(25)22-12-14-3-1-7-21-11-14)6-2-10-23(13-18)16(24)15-4-8-20-9-5-15/h1,3-5,7-9,11H,2,6,10,12-13H2,(H,22,25). The fraction of sp³-hybridized carbons (Fsp3) is 0.333. The van der Waals surface area contributed by atoms with E-state index in [9.17, 15) is 9.59 Å². The van der Waals surface area contributed by atoms with Gasteiger partial charge in [-0.3, -0.25) is 19.6 Å². The van der Waals surface area contributed by atoms with Crippen molar-refractivity contribution in [1.82, 2.24) is 20.2 Å². The largest absolute Gasteiger partial charge is 0.349 e. The summed E-state index contributed by atoms with van der Waals surface area (Å²) in [6.07, 6.45) is 6.82. The SMILES string of the molecule is O=C(c1ccncc1)N1CCCC(F)(C(=O)NCc2cccnc2)C1. The maximum absolute atomic E-state index is 15.2. The molecule has 0 saturated carbocycles. The van der Waals surface area contributed by atoms with Gasteiger partial charge in [-0.1, -0.05) is 6.07 Å². The molecule has 1 saturated heterocycles. The Hall–Kier alpha value is -2.83. The van der Waals surface area contributed by atoms with Crippen LogP contribution in [-0.2, 0) is 11.3 Å². The molecular formula is C18H19FN4O2. The number of amides is 2. The van der Waals surface area contributed by atoms with Crippen molar-refractivity contribution in [3.8, 4) is 0 Å². The molecule has 0 aliphatic carbocycles. The molecule has 6 nitrogen and oxygen atoms in total. The van der Waals surface area contributed by atoms with E-state index in [4.69, 9.17) is 0 Å². The van der Waals surface area contributed by atoms with Crippen LogP contribution in [0.15, 0.2) is 49.1 Å². The molecular weight excluding hydrogens is 323 g/mol. The number of piperidine rings is 1. The smallest absolute Gasteiger partial charge is 0.259 e. The fourth-order valence-electron chi connectivity index (χ4n) is 2.89. The van der Waals surface area contributed by atoms with E-state index >= 15 is 4.39 Å². The van der Waals surface area contributed by atoms with Gasteiger partial charge in [0.05, 0.1) is 6.54 Å². The van der Waals surface area contributed by atoms with Gasteiger partial charge in [0.15, 0.2) is 0 Å². The quantitative estimate of drug-likeness (QED) is 0.918. The van der Waals surface area contributed by atoms with Crippen LogP contribution in [-0.4, -0.2) is 45.4 Å². The molecule has 1 unspecified atom stereocenters. The maximum atomic E-state index is 15.2. The molecule has 2 amide bonds. The molecule has 2 aromatic heterocycles. The number of nitrogens with zero attached hydrogens (tertiary/aromatic N) is 3. The molecule has 0 bridgehead atoms. The van der Waals surface area contributed by atoms with Gasteiger partial charge < -0.3 is 10.2 Å². The molecule has 1 aliphatic rings. The van der Waals surface area contributed by atoms with E-state index in [0.717, 1.165) is 5.56 Å². The average molecular weight is 342 g/mol. The lowest BCUT2D eigenvalue weighted by atomic mass is 9.93. The van der Waals surface area contributed by atoms with Gasteiger partial charge in [-0.2, -0.15) is 0 Å². The first kappa shape index (κ1) is 17.0. The normalized spacial score (nSPS) is 20.1. The molecule has 0 radical (unpaired) electrons. The van der Waals surface area contributed by atoms with E-state index in [2.05, 4.69) is 15.3 Å². The van der Waals surface area contributed by atoms with Gasteiger partial charge >= 0.3 is 0 Å². The molecule has 0 spiro atoms. The highest BCUT2D eigenvalue weighted by atomic mass is 19.1. The Balaban J connectivity index is 1.64. The summed E-state index contributed by atoms with van der Waals surface area (Å²) in [6, 6.07) is 6.72. The van der Waals surface area contributed by atoms with Crippen LogP contribution in [0.25, 0.3) is 0 Å². The number of hydrogen-bond donors (Lipinski definition) is 1. The maximum Gasteiger partial charge on any atom is 0.259 e. The Kier molecular flexibility index (Phi) is 5.02. The number of halogens is 1. The summed E-state index contributed by atoms with van der Waals surface area (Å²) in [4.78, 5) is 34.0. The zero-order valence-corrected chi connectivity index (χ0v) is 13.7. The van der Waals surface area contributed by atoms with Crippen molar-refractivity contribution < 1.29 is 14.0 Å². The molecule has 1 fully saturated rings. The van der Waals surface area contributed by atoms with Gasteiger partial charge in [-0.05, 0) is 36.6 Å². The van der Waals surface area contributed by atoms with Crippen LogP contribution >= 0.6 is 0 Å². The summed E-state index contributed by atoms with van der Waals surface area (Å²) >= 11 is 0. The van der Waals surface area contributed by atoms with E-state index in [0.29, 0.717) is 18.5 Å². The van der Waals surface area contributed by atoms with Crippen molar-refractivity contribution in [2.45, 2.75) is 25.1 Å². The summed E-state index contributed by atoms with van der Waals surface area (Å²) in [7, 11) is 0. The highest BCUT2D eigenvalue weighted by molar-refractivity contribution is 5.95. The van der Waals surface area contributed by atoms with Gasteiger partial charge in [-0.15, -0.1) is 0 Å². The van der Waals surface area contributed by atoms with Gasteiger partial charge in [0.25, 0.3) is 11.8 Å². The minimum Gasteiger partial charge on any atom is -0.349 e. The van der Waals surface area contributed by atoms with Gasteiger partial charge in [0.1, 0.15) is 0 Å². The second-order valence-corrected chi connectivity index (χ2v) is 6.08. The van der Waals surface area contributed by atoms with Crippen molar-refractivity contribution >= 4 is 11.8 Å². The lowest BCUT2D eigenvalue weighted by Gasteiger charge is -2.36. The van der Waals surface area contributed by atoms with E-state index in [1.807, 2.05) is 0 Å². The first-order valence-corrected chi connectivity index (χ1v) is 8.14. The summed E-state index contributed by atoms with van der Waals surface area (Å²) in [6.45, 7) is 0.395. The summed E-state index contributed by atoms with van der Waals surface area (Å²) in [5.74, 6) is -0.979. The Morgan fingerprint density at radius 1 is 1.20 bits per heavy atom. The van der Waals surface area contributed by atoms with E-state index < -0.39 is 11.6 Å². The number of rotatable bonds is 4. The third-order valence-corrected chi connectivity index (χ3v) is 4.24. The molecule has 1 aliphatic heterocycles. The van der Waals surface area contributed by atoms with Crippen LogP contribution in [0.1, 0.15) is 28.8 Å². The van der Waals surface area contributed by atoms with Crippen LogP contribution < -0.4 is 5.32 Å². The van der Waals surface area contributed by atoms with Gasteiger partial charge in [-0.25, -0.2) is 4.39 Å². The lowest BCUT2D eigenvalue weighted by Crippen LogP contribution is -2.55. The minimum atomic E-state index is -2.08. The van der Waals surface area contributed by atoms with Crippen molar-refractivity contribution in [2.24, 2.45) is 0 Å². The number of likely N-dealkylation sites (tertiary alicyclic amines) is 1. The Morgan fingerprint density at radius 3 is 2.72 bits per heavy atom.